The van der Waals surface area contributed by atoms with Gasteiger partial charge in [-0.25, -0.2) is 0 Å². The molecule has 0 spiro atoms. The van der Waals surface area contributed by atoms with Crippen molar-refractivity contribution >= 4 is 17.9 Å². The highest BCUT2D eigenvalue weighted by Crippen LogP contribution is 2.17. The number of esters is 3. The van der Waals surface area contributed by atoms with Gasteiger partial charge >= 0.3 is 17.9 Å². The standard InChI is InChI=1S/C51H98O6/c1-4-7-10-13-16-19-22-24-25-27-29-32-35-38-41-44-50(53)56-47-48(46-55-49(52)43-40-37-34-31-28-21-18-15-12-9-6-3)57-51(54)45-42-39-36-33-30-26-23-20-17-14-11-8-5-2/h48H,4-47H2,1-3H3/t48-/m1/s1. The number of ether oxygens (including phenoxy) is 3. The van der Waals surface area contributed by atoms with E-state index in [-0.39, 0.29) is 31.1 Å². The minimum atomic E-state index is -0.759. The Labute approximate surface area is 355 Å². The van der Waals surface area contributed by atoms with Crippen molar-refractivity contribution in [3.8, 4) is 0 Å². The van der Waals surface area contributed by atoms with E-state index in [1.165, 1.54) is 193 Å². The molecule has 338 valence electrons. The molecule has 0 fully saturated rings. The molecule has 0 aromatic carbocycles. The first kappa shape index (κ1) is 55.4. The molecule has 0 saturated carbocycles. The molecular weight excluding hydrogens is 709 g/mol. The van der Waals surface area contributed by atoms with Crippen molar-refractivity contribution in [2.45, 2.75) is 297 Å². The number of hydrogen-bond acceptors (Lipinski definition) is 6. The van der Waals surface area contributed by atoms with Crippen LogP contribution in [0, 0.1) is 0 Å². The first-order valence-corrected chi connectivity index (χ1v) is 25.5. The maximum absolute atomic E-state index is 12.8. The third-order valence-corrected chi connectivity index (χ3v) is 11.6. The van der Waals surface area contributed by atoms with Gasteiger partial charge in [-0.05, 0) is 19.3 Å². The van der Waals surface area contributed by atoms with Gasteiger partial charge in [0.15, 0.2) is 6.10 Å². The minimum Gasteiger partial charge on any atom is -0.462 e. The summed E-state index contributed by atoms with van der Waals surface area (Å²) in [5.74, 6) is -0.843. The van der Waals surface area contributed by atoms with Crippen LogP contribution in [0.3, 0.4) is 0 Å². The fourth-order valence-corrected chi connectivity index (χ4v) is 7.74. The van der Waals surface area contributed by atoms with Gasteiger partial charge < -0.3 is 14.2 Å². The van der Waals surface area contributed by atoms with Gasteiger partial charge in [0.25, 0.3) is 0 Å². The zero-order chi connectivity index (χ0) is 41.5. The van der Waals surface area contributed by atoms with Crippen molar-refractivity contribution in [2.24, 2.45) is 0 Å². The van der Waals surface area contributed by atoms with E-state index in [1.807, 2.05) is 0 Å². The van der Waals surface area contributed by atoms with E-state index in [2.05, 4.69) is 20.8 Å². The molecule has 6 nitrogen and oxygen atoms in total. The molecule has 6 heteroatoms. The second-order valence-electron chi connectivity index (χ2n) is 17.5. The van der Waals surface area contributed by atoms with Crippen molar-refractivity contribution in [3.63, 3.8) is 0 Å². The lowest BCUT2D eigenvalue weighted by atomic mass is 10.0. The smallest absolute Gasteiger partial charge is 0.306 e. The van der Waals surface area contributed by atoms with Crippen LogP contribution in [0.4, 0.5) is 0 Å². The summed E-state index contributed by atoms with van der Waals surface area (Å²) in [6, 6.07) is 0. The molecule has 0 saturated heterocycles. The van der Waals surface area contributed by atoms with Gasteiger partial charge in [-0.1, -0.05) is 252 Å². The number of rotatable bonds is 47. The van der Waals surface area contributed by atoms with Crippen LogP contribution >= 0.6 is 0 Å². The summed E-state index contributed by atoms with van der Waals surface area (Å²) in [5, 5.41) is 0. The van der Waals surface area contributed by atoms with E-state index >= 15 is 0 Å². The summed E-state index contributed by atoms with van der Waals surface area (Å²) >= 11 is 0. The molecule has 0 bridgehead atoms. The molecular formula is C51H98O6. The quantitative estimate of drug-likeness (QED) is 0.0346. The predicted molar refractivity (Wildman–Crippen MR) is 243 cm³/mol. The molecule has 0 amide bonds. The summed E-state index contributed by atoms with van der Waals surface area (Å²) in [6.07, 6.45) is 49.4. The van der Waals surface area contributed by atoms with Crippen LogP contribution in [0.2, 0.25) is 0 Å². The molecule has 0 radical (unpaired) electrons. The zero-order valence-corrected chi connectivity index (χ0v) is 38.6. The van der Waals surface area contributed by atoms with Crippen LogP contribution in [0.1, 0.15) is 290 Å². The Morgan fingerprint density at radius 3 is 0.702 bits per heavy atom. The Balaban J connectivity index is 4.29. The lowest BCUT2D eigenvalue weighted by Gasteiger charge is -2.18. The van der Waals surface area contributed by atoms with Crippen LogP contribution in [0.15, 0.2) is 0 Å². The second-order valence-corrected chi connectivity index (χ2v) is 17.5. The molecule has 57 heavy (non-hydrogen) atoms. The molecule has 0 unspecified atom stereocenters. The zero-order valence-electron chi connectivity index (χ0n) is 38.6. The summed E-state index contributed by atoms with van der Waals surface area (Å²) in [6.45, 7) is 6.67. The normalized spacial score (nSPS) is 11.8. The highest BCUT2D eigenvalue weighted by Gasteiger charge is 2.19. The predicted octanol–water partition coefficient (Wildman–Crippen LogP) is 16.4. The van der Waals surface area contributed by atoms with Gasteiger partial charge in [0.05, 0.1) is 0 Å². The lowest BCUT2D eigenvalue weighted by Crippen LogP contribution is -2.30. The van der Waals surface area contributed by atoms with Crippen LogP contribution in [-0.2, 0) is 28.6 Å². The average Bonchev–Trinajstić information content (AvgIpc) is 3.21. The summed E-state index contributed by atoms with van der Waals surface area (Å²) in [7, 11) is 0. The van der Waals surface area contributed by atoms with Gasteiger partial charge in [-0.2, -0.15) is 0 Å². The molecule has 0 heterocycles. The van der Waals surface area contributed by atoms with E-state index in [0.717, 1.165) is 57.8 Å². The number of unbranched alkanes of at least 4 members (excludes halogenated alkanes) is 36. The topological polar surface area (TPSA) is 78.9 Å². The monoisotopic (exact) mass is 807 g/mol. The third kappa shape index (κ3) is 45.3. The van der Waals surface area contributed by atoms with E-state index in [9.17, 15) is 14.4 Å². The molecule has 0 aliphatic heterocycles. The molecule has 0 aromatic heterocycles. The molecule has 0 aliphatic rings. The minimum absolute atomic E-state index is 0.0619. The number of hydrogen-bond donors (Lipinski definition) is 0. The Bertz CT molecular complexity index is 844. The Morgan fingerprint density at radius 1 is 0.281 bits per heavy atom. The van der Waals surface area contributed by atoms with Crippen LogP contribution in [-0.4, -0.2) is 37.2 Å². The van der Waals surface area contributed by atoms with Gasteiger partial charge in [0.1, 0.15) is 13.2 Å². The molecule has 0 aliphatic carbocycles. The lowest BCUT2D eigenvalue weighted by molar-refractivity contribution is -0.167. The second kappa shape index (κ2) is 47.1. The summed E-state index contributed by atoms with van der Waals surface area (Å²) in [5.41, 5.74) is 0. The van der Waals surface area contributed by atoms with Crippen molar-refractivity contribution in [1.82, 2.24) is 0 Å². The van der Waals surface area contributed by atoms with Crippen LogP contribution in [0.5, 0.6) is 0 Å². The fourth-order valence-electron chi connectivity index (χ4n) is 7.74. The highest BCUT2D eigenvalue weighted by molar-refractivity contribution is 5.71. The maximum Gasteiger partial charge on any atom is 0.306 e. The van der Waals surface area contributed by atoms with Crippen molar-refractivity contribution in [1.29, 1.82) is 0 Å². The first-order valence-electron chi connectivity index (χ1n) is 25.5. The Morgan fingerprint density at radius 2 is 0.474 bits per heavy atom. The van der Waals surface area contributed by atoms with E-state index in [1.54, 1.807) is 0 Å². The molecule has 0 aromatic rings. The van der Waals surface area contributed by atoms with Crippen molar-refractivity contribution in [3.05, 3.63) is 0 Å². The van der Waals surface area contributed by atoms with E-state index < -0.39 is 6.10 Å². The third-order valence-electron chi connectivity index (χ3n) is 11.6. The van der Waals surface area contributed by atoms with Crippen LogP contribution < -0.4 is 0 Å². The summed E-state index contributed by atoms with van der Waals surface area (Å²) in [4.78, 5) is 37.9. The van der Waals surface area contributed by atoms with E-state index in [0.29, 0.717) is 19.3 Å². The SMILES string of the molecule is CCCCCCCCCCCCCCCCCC(=O)OC[C@@H](COC(=O)CCCCCCCCCCCCC)OC(=O)CCCCCCCCCCCCCCC. The Kier molecular flexibility index (Phi) is 45.8. The number of carbonyl (C=O) groups excluding carboxylic acids is 3. The summed E-state index contributed by atoms with van der Waals surface area (Å²) < 4.78 is 16.8. The average molecular weight is 807 g/mol. The Hall–Kier alpha value is -1.59. The van der Waals surface area contributed by atoms with Gasteiger partial charge in [0.2, 0.25) is 0 Å². The number of carbonyl (C=O) groups is 3. The van der Waals surface area contributed by atoms with Gasteiger partial charge in [-0.15, -0.1) is 0 Å². The van der Waals surface area contributed by atoms with Crippen LogP contribution in [0.25, 0.3) is 0 Å². The van der Waals surface area contributed by atoms with Gasteiger partial charge in [-0.3, -0.25) is 14.4 Å². The van der Waals surface area contributed by atoms with Crippen molar-refractivity contribution < 1.29 is 28.6 Å². The molecule has 0 N–H and O–H groups in total. The highest BCUT2D eigenvalue weighted by atomic mass is 16.6. The molecule has 0 rings (SSSR count). The van der Waals surface area contributed by atoms with Crippen molar-refractivity contribution in [2.75, 3.05) is 13.2 Å². The largest absolute Gasteiger partial charge is 0.462 e. The fraction of sp³-hybridized carbons (Fsp3) is 0.941. The molecule has 1 atom stereocenters. The first-order chi connectivity index (χ1) is 28.0. The van der Waals surface area contributed by atoms with Gasteiger partial charge in [0, 0.05) is 19.3 Å². The maximum atomic E-state index is 12.8. The van der Waals surface area contributed by atoms with E-state index in [4.69, 9.17) is 14.2 Å².